The summed E-state index contributed by atoms with van der Waals surface area (Å²) in [6.07, 6.45) is 2.20. The van der Waals surface area contributed by atoms with Gasteiger partial charge in [0.15, 0.2) is 5.11 Å². The van der Waals surface area contributed by atoms with Gasteiger partial charge in [0.1, 0.15) is 0 Å². The van der Waals surface area contributed by atoms with Crippen molar-refractivity contribution in [2.45, 2.75) is 39.3 Å². The highest BCUT2D eigenvalue weighted by atomic mass is 32.1. The standard InChI is InChI=1S/C24H27N3O2S/c1-16-10-11-18-13-19(23(28)26-22(18)17(16)2)14-27(15-21-9-6-12-29-21)24(30)25-20-7-4-3-5-8-20/h3-5,7-8,10-11,13,21H,6,9,12,14-15H2,1-2H3,(H,25,30)(H,26,28)/t21-/m0/s1. The number of para-hydroxylation sites is 1. The van der Waals surface area contributed by atoms with E-state index in [2.05, 4.69) is 29.4 Å². The van der Waals surface area contributed by atoms with Crippen LogP contribution in [0.4, 0.5) is 5.69 Å². The molecule has 3 aromatic rings. The van der Waals surface area contributed by atoms with E-state index < -0.39 is 0 Å². The molecule has 0 amide bonds. The molecule has 2 heterocycles. The van der Waals surface area contributed by atoms with Gasteiger partial charge in [0.2, 0.25) is 0 Å². The van der Waals surface area contributed by atoms with Crippen LogP contribution >= 0.6 is 12.2 Å². The molecule has 1 aliphatic heterocycles. The highest BCUT2D eigenvalue weighted by Crippen LogP contribution is 2.21. The first kappa shape index (κ1) is 20.6. The third-order valence-corrected chi connectivity index (χ3v) is 6.11. The fourth-order valence-electron chi connectivity index (χ4n) is 3.87. The van der Waals surface area contributed by atoms with Gasteiger partial charge in [0.25, 0.3) is 5.56 Å². The van der Waals surface area contributed by atoms with E-state index in [1.165, 1.54) is 5.56 Å². The van der Waals surface area contributed by atoms with Crippen molar-refractivity contribution < 1.29 is 4.74 Å². The zero-order chi connectivity index (χ0) is 21.1. The lowest BCUT2D eigenvalue weighted by atomic mass is 10.0. The zero-order valence-corrected chi connectivity index (χ0v) is 18.2. The highest BCUT2D eigenvalue weighted by molar-refractivity contribution is 7.80. The van der Waals surface area contributed by atoms with E-state index in [9.17, 15) is 4.79 Å². The third-order valence-electron chi connectivity index (χ3n) is 5.75. The molecule has 4 rings (SSSR count). The summed E-state index contributed by atoms with van der Waals surface area (Å²) in [6, 6.07) is 16.0. The molecule has 1 fully saturated rings. The Hall–Kier alpha value is -2.70. The number of aromatic nitrogens is 1. The summed E-state index contributed by atoms with van der Waals surface area (Å²) in [7, 11) is 0. The van der Waals surface area contributed by atoms with Crippen molar-refractivity contribution in [2.75, 3.05) is 18.5 Å². The second kappa shape index (κ2) is 8.98. The molecule has 0 unspecified atom stereocenters. The Labute approximate surface area is 182 Å². The van der Waals surface area contributed by atoms with Gasteiger partial charge in [0.05, 0.1) is 18.2 Å². The van der Waals surface area contributed by atoms with Crippen LogP contribution in [0, 0.1) is 13.8 Å². The predicted octanol–water partition coefficient (Wildman–Crippen LogP) is 4.52. The summed E-state index contributed by atoms with van der Waals surface area (Å²) in [5, 5.41) is 4.93. The number of thiocarbonyl (C=S) groups is 1. The molecule has 0 radical (unpaired) electrons. The van der Waals surface area contributed by atoms with Crippen LogP contribution in [0.2, 0.25) is 0 Å². The number of fused-ring (bicyclic) bond motifs is 1. The van der Waals surface area contributed by atoms with Gasteiger partial charge in [-0.25, -0.2) is 0 Å². The average Bonchev–Trinajstić information content (AvgIpc) is 3.25. The Bertz CT molecular complexity index is 1100. The van der Waals surface area contributed by atoms with E-state index in [-0.39, 0.29) is 11.7 Å². The van der Waals surface area contributed by atoms with Gasteiger partial charge < -0.3 is 19.9 Å². The van der Waals surface area contributed by atoms with Gasteiger partial charge in [-0.05, 0) is 73.6 Å². The lowest BCUT2D eigenvalue weighted by Gasteiger charge is -2.28. The second-order valence-corrected chi connectivity index (χ2v) is 8.29. The highest BCUT2D eigenvalue weighted by Gasteiger charge is 2.22. The first-order chi connectivity index (χ1) is 14.5. The molecule has 1 aliphatic rings. The van der Waals surface area contributed by atoms with Gasteiger partial charge in [-0.3, -0.25) is 4.79 Å². The van der Waals surface area contributed by atoms with E-state index in [1.54, 1.807) is 0 Å². The van der Waals surface area contributed by atoms with E-state index in [0.29, 0.717) is 23.8 Å². The summed E-state index contributed by atoms with van der Waals surface area (Å²) < 4.78 is 5.84. The van der Waals surface area contributed by atoms with Gasteiger partial charge >= 0.3 is 0 Å². The topological polar surface area (TPSA) is 57.4 Å². The normalized spacial score (nSPS) is 16.0. The van der Waals surface area contributed by atoms with Crippen molar-refractivity contribution in [3.05, 3.63) is 75.6 Å². The quantitative estimate of drug-likeness (QED) is 0.593. The molecule has 5 nitrogen and oxygen atoms in total. The van der Waals surface area contributed by atoms with Crippen LogP contribution in [-0.2, 0) is 11.3 Å². The second-order valence-electron chi connectivity index (χ2n) is 7.91. The number of hydrogen-bond donors (Lipinski definition) is 2. The number of hydrogen-bond acceptors (Lipinski definition) is 3. The number of rotatable bonds is 5. The largest absolute Gasteiger partial charge is 0.376 e. The Morgan fingerprint density at radius 3 is 2.77 bits per heavy atom. The Balaban J connectivity index is 1.62. The summed E-state index contributed by atoms with van der Waals surface area (Å²) in [5.74, 6) is 0. The fourth-order valence-corrected chi connectivity index (χ4v) is 4.13. The van der Waals surface area contributed by atoms with Gasteiger partial charge in [0, 0.05) is 24.4 Å². The molecule has 2 N–H and O–H groups in total. The first-order valence-corrected chi connectivity index (χ1v) is 10.8. The average molecular weight is 422 g/mol. The molecule has 2 aromatic carbocycles. The molecular formula is C24H27N3O2S. The lowest BCUT2D eigenvalue weighted by molar-refractivity contribution is 0.0904. The molecule has 1 atom stereocenters. The summed E-state index contributed by atoms with van der Waals surface area (Å²) in [4.78, 5) is 18.0. The van der Waals surface area contributed by atoms with Crippen molar-refractivity contribution in [1.82, 2.24) is 9.88 Å². The summed E-state index contributed by atoms with van der Waals surface area (Å²) in [6.45, 7) is 5.96. The number of nitrogens with one attached hydrogen (secondary N) is 2. The molecule has 0 aliphatic carbocycles. The number of H-pyrrole nitrogens is 1. The van der Waals surface area contributed by atoms with Crippen molar-refractivity contribution in [3.63, 3.8) is 0 Å². The maximum atomic E-state index is 12.9. The number of nitrogens with zero attached hydrogens (tertiary/aromatic N) is 1. The number of pyridine rings is 1. The Morgan fingerprint density at radius 1 is 1.23 bits per heavy atom. The van der Waals surface area contributed by atoms with Gasteiger partial charge in [-0.2, -0.15) is 0 Å². The zero-order valence-electron chi connectivity index (χ0n) is 17.4. The molecular weight excluding hydrogens is 394 g/mol. The van der Waals surface area contributed by atoms with Crippen molar-refractivity contribution in [2.24, 2.45) is 0 Å². The van der Waals surface area contributed by atoms with Crippen molar-refractivity contribution in [1.29, 1.82) is 0 Å². The van der Waals surface area contributed by atoms with Crippen LogP contribution in [0.5, 0.6) is 0 Å². The SMILES string of the molecule is Cc1ccc2cc(CN(C[C@@H]3CCCO3)C(=S)Nc3ccccc3)c(=O)[nH]c2c1C. The van der Waals surface area contributed by atoms with Crippen LogP contribution < -0.4 is 10.9 Å². The van der Waals surface area contributed by atoms with Gasteiger partial charge in [-0.15, -0.1) is 0 Å². The third kappa shape index (κ3) is 4.55. The molecule has 0 spiro atoms. The number of aryl methyl sites for hydroxylation is 2. The van der Waals surface area contributed by atoms with Crippen LogP contribution in [-0.4, -0.2) is 34.3 Å². The number of anilines is 1. The smallest absolute Gasteiger partial charge is 0.253 e. The van der Waals surface area contributed by atoms with E-state index >= 15 is 0 Å². The number of benzene rings is 2. The van der Waals surface area contributed by atoms with Crippen LogP contribution in [0.1, 0.15) is 29.5 Å². The van der Waals surface area contributed by atoms with Crippen LogP contribution in [0.15, 0.2) is 53.3 Å². The molecule has 156 valence electrons. The number of aromatic amines is 1. The van der Waals surface area contributed by atoms with E-state index in [1.807, 2.05) is 48.2 Å². The molecule has 6 heteroatoms. The Kier molecular flexibility index (Phi) is 6.16. The fraction of sp³-hybridized carbons (Fsp3) is 0.333. The maximum Gasteiger partial charge on any atom is 0.253 e. The minimum atomic E-state index is -0.0731. The minimum absolute atomic E-state index is 0.0731. The molecule has 0 saturated carbocycles. The van der Waals surface area contributed by atoms with Crippen molar-refractivity contribution >= 4 is 33.9 Å². The van der Waals surface area contributed by atoms with Gasteiger partial charge in [-0.1, -0.05) is 30.3 Å². The Morgan fingerprint density at radius 2 is 2.03 bits per heavy atom. The number of ether oxygens (including phenoxy) is 1. The molecule has 0 bridgehead atoms. The lowest BCUT2D eigenvalue weighted by Crippen LogP contribution is -2.40. The molecule has 1 aromatic heterocycles. The van der Waals surface area contributed by atoms with Crippen LogP contribution in [0.25, 0.3) is 10.9 Å². The maximum absolute atomic E-state index is 12.9. The van der Waals surface area contributed by atoms with E-state index in [0.717, 1.165) is 41.6 Å². The molecule has 30 heavy (non-hydrogen) atoms. The predicted molar refractivity (Wildman–Crippen MR) is 126 cm³/mol. The first-order valence-electron chi connectivity index (χ1n) is 10.4. The summed E-state index contributed by atoms with van der Waals surface area (Å²) >= 11 is 5.72. The van der Waals surface area contributed by atoms with Crippen molar-refractivity contribution in [3.8, 4) is 0 Å². The van der Waals surface area contributed by atoms with Crippen LogP contribution in [0.3, 0.4) is 0 Å². The minimum Gasteiger partial charge on any atom is -0.376 e. The van der Waals surface area contributed by atoms with E-state index in [4.69, 9.17) is 17.0 Å². The summed E-state index contributed by atoms with van der Waals surface area (Å²) in [5.41, 5.74) is 4.72. The molecule has 1 saturated heterocycles. The monoisotopic (exact) mass is 421 g/mol.